The Morgan fingerprint density at radius 3 is 2.77 bits per heavy atom. The molecule has 0 aliphatic carbocycles. The van der Waals surface area contributed by atoms with Crippen LogP contribution in [-0.2, 0) is 6.54 Å². The molecule has 1 N–H and O–H groups in total. The van der Waals surface area contributed by atoms with Crippen molar-refractivity contribution in [2.24, 2.45) is 0 Å². The van der Waals surface area contributed by atoms with Crippen LogP contribution in [-0.4, -0.2) is 32.2 Å². The maximum absolute atomic E-state index is 5.54. The van der Waals surface area contributed by atoms with Crippen molar-refractivity contribution >= 4 is 28.1 Å². The fourth-order valence-electron chi connectivity index (χ4n) is 2.61. The highest BCUT2D eigenvalue weighted by molar-refractivity contribution is 7.14. The Morgan fingerprint density at radius 2 is 2.08 bits per heavy atom. The summed E-state index contributed by atoms with van der Waals surface area (Å²) in [4.78, 5) is 18.5. The Morgan fingerprint density at radius 1 is 1.19 bits per heavy atom. The topological polar surface area (TPSA) is 98.8 Å². The molecule has 132 valence electrons. The molecule has 0 amide bonds. The van der Waals surface area contributed by atoms with Crippen molar-refractivity contribution in [2.75, 3.05) is 12.4 Å². The van der Waals surface area contributed by atoms with Crippen LogP contribution in [0.5, 0.6) is 5.75 Å². The number of rotatable bonds is 5. The van der Waals surface area contributed by atoms with E-state index in [4.69, 9.17) is 9.26 Å². The standard InChI is InChI=1S/C17H16N6O2S/c1-9-6-19-17(26-9)11-4-12-15(13(5-11)24-3)20-8-21-16(12)18-7-14-22-10(2)23-25-14/h4-6,8H,7H2,1-3H3,(H,18,20,21). The van der Waals surface area contributed by atoms with Crippen LogP contribution in [0.2, 0.25) is 0 Å². The van der Waals surface area contributed by atoms with Gasteiger partial charge in [0.15, 0.2) is 5.82 Å². The van der Waals surface area contributed by atoms with Crippen molar-refractivity contribution in [3.8, 4) is 16.3 Å². The van der Waals surface area contributed by atoms with Gasteiger partial charge in [-0.2, -0.15) is 4.98 Å². The average Bonchev–Trinajstić information content (AvgIpc) is 3.27. The zero-order valence-electron chi connectivity index (χ0n) is 14.5. The highest BCUT2D eigenvalue weighted by Gasteiger charge is 2.14. The van der Waals surface area contributed by atoms with E-state index >= 15 is 0 Å². The number of nitrogens with one attached hydrogen (secondary N) is 1. The van der Waals surface area contributed by atoms with Crippen molar-refractivity contribution in [1.82, 2.24) is 25.1 Å². The van der Waals surface area contributed by atoms with Crippen LogP contribution in [0.1, 0.15) is 16.6 Å². The molecule has 0 fully saturated rings. The van der Waals surface area contributed by atoms with Gasteiger partial charge < -0.3 is 14.6 Å². The molecule has 0 atom stereocenters. The highest BCUT2D eigenvalue weighted by Crippen LogP contribution is 2.35. The molecule has 0 saturated carbocycles. The molecule has 0 saturated heterocycles. The molecule has 8 nitrogen and oxygen atoms in total. The maximum atomic E-state index is 5.54. The summed E-state index contributed by atoms with van der Waals surface area (Å²) in [5.74, 6) is 2.43. The van der Waals surface area contributed by atoms with E-state index in [9.17, 15) is 0 Å². The minimum absolute atomic E-state index is 0.371. The number of nitrogens with zero attached hydrogens (tertiary/aromatic N) is 5. The second-order valence-electron chi connectivity index (χ2n) is 5.66. The number of aryl methyl sites for hydroxylation is 2. The molecule has 3 heterocycles. The van der Waals surface area contributed by atoms with Crippen LogP contribution in [0, 0.1) is 13.8 Å². The SMILES string of the molecule is COc1cc(-c2ncc(C)s2)cc2c(NCc3nc(C)no3)ncnc12. The van der Waals surface area contributed by atoms with E-state index in [2.05, 4.69) is 30.4 Å². The van der Waals surface area contributed by atoms with Crippen LogP contribution >= 0.6 is 11.3 Å². The Bertz CT molecular complexity index is 1070. The van der Waals surface area contributed by atoms with Gasteiger partial charge in [-0.15, -0.1) is 11.3 Å². The number of hydrogen-bond donors (Lipinski definition) is 1. The van der Waals surface area contributed by atoms with Crippen molar-refractivity contribution in [2.45, 2.75) is 20.4 Å². The number of thiazole rings is 1. The molecule has 0 aliphatic rings. The Hall–Kier alpha value is -3.07. The number of anilines is 1. The number of benzene rings is 1. The number of ether oxygens (including phenoxy) is 1. The number of hydrogen-bond acceptors (Lipinski definition) is 9. The fraction of sp³-hybridized carbons (Fsp3) is 0.235. The summed E-state index contributed by atoms with van der Waals surface area (Å²) in [5.41, 5.74) is 1.68. The van der Waals surface area contributed by atoms with Gasteiger partial charge in [-0.1, -0.05) is 5.16 Å². The van der Waals surface area contributed by atoms with Gasteiger partial charge in [-0.3, -0.25) is 0 Å². The van der Waals surface area contributed by atoms with Crippen LogP contribution in [0.4, 0.5) is 5.82 Å². The van der Waals surface area contributed by atoms with E-state index in [-0.39, 0.29) is 0 Å². The van der Waals surface area contributed by atoms with E-state index in [0.29, 0.717) is 29.8 Å². The van der Waals surface area contributed by atoms with Gasteiger partial charge in [0, 0.05) is 22.0 Å². The van der Waals surface area contributed by atoms with E-state index in [0.717, 1.165) is 26.4 Å². The van der Waals surface area contributed by atoms with Crippen molar-refractivity contribution < 1.29 is 9.26 Å². The van der Waals surface area contributed by atoms with Crippen LogP contribution in [0.25, 0.3) is 21.5 Å². The summed E-state index contributed by atoms with van der Waals surface area (Å²) in [6.45, 7) is 4.18. The first-order valence-corrected chi connectivity index (χ1v) is 8.74. The summed E-state index contributed by atoms with van der Waals surface area (Å²) >= 11 is 1.63. The van der Waals surface area contributed by atoms with Crippen LogP contribution in [0.3, 0.4) is 0 Å². The van der Waals surface area contributed by atoms with Crippen LogP contribution < -0.4 is 10.1 Å². The van der Waals surface area contributed by atoms with Gasteiger partial charge in [-0.05, 0) is 26.0 Å². The number of methoxy groups -OCH3 is 1. The molecule has 0 aliphatic heterocycles. The van der Waals surface area contributed by atoms with Crippen LogP contribution in [0.15, 0.2) is 29.2 Å². The van der Waals surface area contributed by atoms with Crippen molar-refractivity contribution in [3.63, 3.8) is 0 Å². The largest absolute Gasteiger partial charge is 0.494 e. The molecule has 0 spiro atoms. The second kappa shape index (κ2) is 6.68. The van der Waals surface area contributed by atoms with Gasteiger partial charge in [-0.25, -0.2) is 15.0 Å². The lowest BCUT2D eigenvalue weighted by Gasteiger charge is -2.11. The fourth-order valence-corrected chi connectivity index (χ4v) is 3.37. The average molecular weight is 368 g/mol. The molecule has 9 heteroatoms. The monoisotopic (exact) mass is 368 g/mol. The Balaban J connectivity index is 1.77. The summed E-state index contributed by atoms with van der Waals surface area (Å²) in [5, 5.41) is 8.78. The van der Waals surface area contributed by atoms with E-state index in [1.807, 2.05) is 25.3 Å². The second-order valence-corrected chi connectivity index (χ2v) is 6.90. The van der Waals surface area contributed by atoms with Gasteiger partial charge in [0.25, 0.3) is 0 Å². The smallest absolute Gasteiger partial charge is 0.245 e. The maximum Gasteiger partial charge on any atom is 0.245 e. The predicted octanol–water partition coefficient (Wildman–Crippen LogP) is 3.37. The third kappa shape index (κ3) is 3.08. The predicted molar refractivity (Wildman–Crippen MR) is 98.3 cm³/mol. The summed E-state index contributed by atoms with van der Waals surface area (Å²) in [6.07, 6.45) is 3.36. The molecule has 0 unspecified atom stereocenters. The number of fused-ring (bicyclic) bond motifs is 1. The zero-order chi connectivity index (χ0) is 18.1. The van der Waals surface area contributed by atoms with E-state index in [1.165, 1.54) is 6.33 Å². The highest BCUT2D eigenvalue weighted by atomic mass is 32.1. The van der Waals surface area contributed by atoms with Gasteiger partial charge in [0.1, 0.15) is 28.4 Å². The van der Waals surface area contributed by atoms with Crippen molar-refractivity contribution in [1.29, 1.82) is 0 Å². The van der Waals surface area contributed by atoms with E-state index in [1.54, 1.807) is 25.4 Å². The molecule has 26 heavy (non-hydrogen) atoms. The summed E-state index contributed by atoms with van der Waals surface area (Å²) < 4.78 is 10.7. The first kappa shape index (κ1) is 16.4. The molecule has 0 radical (unpaired) electrons. The summed E-state index contributed by atoms with van der Waals surface area (Å²) in [7, 11) is 1.63. The number of aromatic nitrogens is 5. The molecular weight excluding hydrogens is 352 g/mol. The molecule has 4 rings (SSSR count). The lowest BCUT2D eigenvalue weighted by atomic mass is 10.1. The first-order valence-electron chi connectivity index (χ1n) is 7.92. The third-order valence-electron chi connectivity index (χ3n) is 3.77. The molecular formula is C17H16N6O2S. The van der Waals surface area contributed by atoms with Gasteiger partial charge in [0.2, 0.25) is 5.89 Å². The Kier molecular flexibility index (Phi) is 4.21. The van der Waals surface area contributed by atoms with E-state index < -0.39 is 0 Å². The minimum Gasteiger partial charge on any atom is -0.494 e. The molecule has 4 aromatic rings. The quantitative estimate of drug-likeness (QED) is 0.572. The summed E-state index contributed by atoms with van der Waals surface area (Å²) in [6, 6.07) is 3.95. The lowest BCUT2D eigenvalue weighted by molar-refractivity contribution is 0.379. The first-order chi connectivity index (χ1) is 12.6. The van der Waals surface area contributed by atoms with Gasteiger partial charge in [0.05, 0.1) is 13.7 Å². The minimum atomic E-state index is 0.371. The molecule has 0 bridgehead atoms. The van der Waals surface area contributed by atoms with Crippen molar-refractivity contribution in [3.05, 3.63) is 41.2 Å². The molecule has 3 aromatic heterocycles. The Labute approximate surface area is 153 Å². The molecule has 1 aromatic carbocycles. The third-order valence-corrected chi connectivity index (χ3v) is 4.73. The van der Waals surface area contributed by atoms with Gasteiger partial charge >= 0.3 is 0 Å². The normalized spacial score (nSPS) is 11.0. The zero-order valence-corrected chi connectivity index (χ0v) is 15.3. The lowest BCUT2D eigenvalue weighted by Crippen LogP contribution is -2.03.